The molecule has 9 heteroatoms. The Kier molecular flexibility index (Phi) is 8.40. The molecule has 0 aliphatic heterocycles. The number of sulfone groups is 1. The van der Waals surface area contributed by atoms with E-state index in [1.807, 2.05) is 0 Å². The Hall–Kier alpha value is -1.50. The van der Waals surface area contributed by atoms with Crippen LogP contribution in [0.1, 0.15) is 47.1 Å². The van der Waals surface area contributed by atoms with E-state index >= 15 is 0 Å². The monoisotopic (exact) mass is 449 g/mol. The van der Waals surface area contributed by atoms with E-state index in [9.17, 15) is 21.6 Å². The highest BCUT2D eigenvalue weighted by molar-refractivity contribution is 7.92. The molecule has 0 saturated heterocycles. The molecule has 0 aromatic heterocycles. The zero-order valence-corrected chi connectivity index (χ0v) is 19.5. The molecule has 1 aromatic carbocycles. The van der Waals surface area contributed by atoms with Crippen LogP contribution >= 0.6 is 0 Å². The molecule has 0 amide bonds. The number of benzene rings is 1. The first-order chi connectivity index (χ1) is 13.2. The Labute approximate surface area is 172 Å². The maximum absolute atomic E-state index is 12.6. The van der Waals surface area contributed by atoms with Crippen LogP contribution in [-0.4, -0.2) is 34.0 Å². The number of alkyl halides is 3. The molecular weight excluding hydrogens is 419 g/mol. The second kappa shape index (κ2) is 9.54. The van der Waals surface area contributed by atoms with Crippen molar-refractivity contribution >= 4 is 17.9 Å². The van der Waals surface area contributed by atoms with E-state index in [1.54, 1.807) is 24.3 Å². The van der Waals surface area contributed by atoms with Crippen molar-refractivity contribution in [1.29, 1.82) is 0 Å². The van der Waals surface area contributed by atoms with Gasteiger partial charge >= 0.3 is 5.51 Å². The van der Waals surface area contributed by atoms with Crippen molar-refractivity contribution in [1.82, 2.24) is 0 Å². The molecule has 0 bridgehead atoms. The molecule has 0 aliphatic rings. The second-order valence-electron chi connectivity index (χ2n) is 7.98. The molecule has 1 rings (SSSR count). The second-order valence-corrected chi connectivity index (χ2v) is 15.7. The molecule has 4 nitrogen and oxygen atoms in total. The highest BCUT2D eigenvalue weighted by atomic mass is 32.2. The van der Waals surface area contributed by atoms with Gasteiger partial charge in [-0.1, -0.05) is 59.6 Å². The lowest BCUT2D eigenvalue weighted by Gasteiger charge is -2.38. The molecule has 0 fully saturated rings. The summed E-state index contributed by atoms with van der Waals surface area (Å²) in [5.74, 6) is 3.38. The van der Waals surface area contributed by atoms with Crippen molar-refractivity contribution < 1.29 is 26.3 Å². The number of para-hydroxylation sites is 1. The summed E-state index contributed by atoms with van der Waals surface area (Å²) in [6.07, 6.45) is 0. The summed E-state index contributed by atoms with van der Waals surface area (Å²) in [5, 5.41) is -2.21. The lowest BCUT2D eigenvalue weighted by molar-refractivity contribution is -0.0448. The first-order valence-electron chi connectivity index (χ1n) is 9.48. The average Bonchev–Trinajstić information content (AvgIpc) is 2.59. The van der Waals surface area contributed by atoms with Gasteiger partial charge < -0.3 is 10.5 Å². The fourth-order valence-electron chi connectivity index (χ4n) is 3.74. The minimum Gasteiger partial charge on any atom is -0.490 e. The zero-order valence-electron chi connectivity index (χ0n) is 17.7. The summed E-state index contributed by atoms with van der Waals surface area (Å²) in [6, 6.07) is 6.63. The van der Waals surface area contributed by atoms with E-state index in [2.05, 4.69) is 53.0 Å². The van der Waals surface area contributed by atoms with E-state index in [-0.39, 0.29) is 5.75 Å². The lowest BCUT2D eigenvalue weighted by atomic mass is 10.2. The maximum atomic E-state index is 12.6. The fourth-order valence-corrected chi connectivity index (χ4v) is 9.55. The van der Waals surface area contributed by atoms with E-state index in [4.69, 9.17) is 10.5 Å². The Morgan fingerprint density at radius 3 is 1.97 bits per heavy atom. The SMILES string of the molecule is CC(C)[Si](C#Cc1ccccc1OCC(N)S(=O)(=O)C(F)(F)F)(C(C)C)C(C)C. The van der Waals surface area contributed by atoms with E-state index in [0.717, 1.165) is 0 Å². The predicted octanol–water partition coefficient (Wildman–Crippen LogP) is 4.85. The van der Waals surface area contributed by atoms with Crippen LogP contribution in [0.15, 0.2) is 24.3 Å². The summed E-state index contributed by atoms with van der Waals surface area (Å²) < 4.78 is 66.0. The third kappa shape index (κ3) is 5.56. The smallest absolute Gasteiger partial charge is 0.490 e. The molecule has 2 N–H and O–H groups in total. The standard InChI is InChI=1S/C20H30F3NO3SSi/c1-14(2)29(15(3)4,16(5)6)12-11-17-9-7-8-10-18(17)27-13-19(24)28(25,26)20(21,22)23/h7-10,14-16,19H,13,24H2,1-6H3. The van der Waals surface area contributed by atoms with Crippen LogP contribution in [0.5, 0.6) is 5.75 Å². The van der Waals surface area contributed by atoms with Crippen molar-refractivity contribution in [3.05, 3.63) is 29.8 Å². The van der Waals surface area contributed by atoms with Crippen LogP contribution in [0.3, 0.4) is 0 Å². The van der Waals surface area contributed by atoms with Gasteiger partial charge in [0.05, 0.1) is 5.56 Å². The largest absolute Gasteiger partial charge is 0.499 e. The van der Waals surface area contributed by atoms with Gasteiger partial charge in [0.1, 0.15) is 20.4 Å². The van der Waals surface area contributed by atoms with Crippen molar-refractivity contribution in [2.45, 2.75) is 69.0 Å². The topological polar surface area (TPSA) is 69.4 Å². The van der Waals surface area contributed by atoms with Gasteiger partial charge in [0.25, 0.3) is 9.84 Å². The van der Waals surface area contributed by atoms with Gasteiger partial charge in [0.15, 0.2) is 5.37 Å². The highest BCUT2D eigenvalue weighted by Crippen LogP contribution is 2.41. The Balaban J connectivity index is 3.21. The van der Waals surface area contributed by atoms with E-state index in [0.29, 0.717) is 22.2 Å². The van der Waals surface area contributed by atoms with Crippen molar-refractivity contribution in [2.24, 2.45) is 5.73 Å². The third-order valence-corrected chi connectivity index (χ3v) is 13.2. The number of nitrogens with two attached hydrogens (primary N) is 1. The molecule has 1 atom stereocenters. The molecule has 0 spiro atoms. The summed E-state index contributed by atoms with van der Waals surface area (Å²) in [6.45, 7) is 12.2. The lowest BCUT2D eigenvalue weighted by Crippen LogP contribution is -2.44. The number of ether oxygens (including phenoxy) is 1. The first kappa shape index (κ1) is 25.5. The van der Waals surface area contributed by atoms with Crippen LogP contribution in [0.25, 0.3) is 0 Å². The molecule has 0 aliphatic carbocycles. The first-order valence-corrected chi connectivity index (χ1v) is 13.3. The van der Waals surface area contributed by atoms with Gasteiger partial charge in [-0.05, 0) is 28.8 Å². The summed E-state index contributed by atoms with van der Waals surface area (Å²) in [7, 11) is -7.52. The van der Waals surface area contributed by atoms with E-state index in [1.165, 1.54) is 0 Å². The van der Waals surface area contributed by atoms with Gasteiger partial charge in [-0.25, -0.2) is 8.42 Å². The maximum Gasteiger partial charge on any atom is 0.499 e. The van der Waals surface area contributed by atoms with Gasteiger partial charge in [-0.2, -0.15) is 13.2 Å². The minimum atomic E-state index is -5.51. The number of hydrogen-bond donors (Lipinski definition) is 1. The number of rotatable bonds is 7. The van der Waals surface area contributed by atoms with Gasteiger partial charge in [-0.3, -0.25) is 0 Å². The highest BCUT2D eigenvalue weighted by Gasteiger charge is 2.49. The van der Waals surface area contributed by atoms with Crippen LogP contribution in [0, 0.1) is 11.5 Å². The Morgan fingerprint density at radius 2 is 1.52 bits per heavy atom. The molecule has 0 radical (unpaired) electrons. The van der Waals surface area contributed by atoms with Crippen molar-refractivity contribution in [3.8, 4) is 17.2 Å². The molecule has 0 saturated carbocycles. The summed E-state index contributed by atoms with van der Waals surface area (Å²) in [5.41, 5.74) is 5.06. The van der Waals surface area contributed by atoms with Crippen LogP contribution < -0.4 is 10.5 Å². The van der Waals surface area contributed by atoms with Crippen LogP contribution in [0.4, 0.5) is 13.2 Å². The molecule has 0 heterocycles. The van der Waals surface area contributed by atoms with Gasteiger partial charge in [0.2, 0.25) is 0 Å². The van der Waals surface area contributed by atoms with Crippen LogP contribution in [0.2, 0.25) is 16.6 Å². The van der Waals surface area contributed by atoms with E-state index < -0.39 is 35.4 Å². The minimum absolute atomic E-state index is 0.215. The molecule has 164 valence electrons. The normalized spacial score (nSPS) is 14.1. The number of hydrogen-bond acceptors (Lipinski definition) is 4. The summed E-state index contributed by atoms with van der Waals surface area (Å²) >= 11 is 0. The molecular formula is C20H30F3NO3SSi. The van der Waals surface area contributed by atoms with Crippen molar-refractivity contribution in [3.63, 3.8) is 0 Å². The Morgan fingerprint density at radius 1 is 1.03 bits per heavy atom. The zero-order chi connectivity index (χ0) is 22.6. The quantitative estimate of drug-likeness (QED) is 0.477. The molecule has 1 unspecified atom stereocenters. The summed E-state index contributed by atoms with van der Waals surface area (Å²) in [4.78, 5) is 0. The van der Waals surface area contributed by atoms with Gasteiger partial charge in [-0.15, -0.1) is 5.54 Å². The average molecular weight is 450 g/mol. The molecule has 1 aromatic rings. The third-order valence-electron chi connectivity index (χ3n) is 5.29. The molecule has 29 heavy (non-hydrogen) atoms. The predicted molar refractivity (Wildman–Crippen MR) is 113 cm³/mol. The van der Waals surface area contributed by atoms with Crippen LogP contribution in [-0.2, 0) is 9.84 Å². The van der Waals surface area contributed by atoms with Gasteiger partial charge in [0, 0.05) is 0 Å². The van der Waals surface area contributed by atoms with Crippen molar-refractivity contribution in [2.75, 3.05) is 6.61 Å². The number of halogens is 3. The Bertz CT molecular complexity index is 834. The fraction of sp³-hybridized carbons (Fsp3) is 0.600.